The number of amides is 1. The highest BCUT2D eigenvalue weighted by Gasteiger charge is 2.06. The zero-order valence-corrected chi connectivity index (χ0v) is 10.7. The molecule has 0 aliphatic heterocycles. The molecule has 2 heterocycles. The topological polar surface area (TPSA) is 83.6 Å². The van der Waals surface area contributed by atoms with Gasteiger partial charge in [-0.3, -0.25) is 4.79 Å². The summed E-state index contributed by atoms with van der Waals surface area (Å²) >= 11 is 1.44. The molecule has 0 unspecified atom stereocenters. The smallest absolute Gasteiger partial charge is 0.254 e. The van der Waals surface area contributed by atoms with Crippen LogP contribution in [0.3, 0.4) is 0 Å². The zero-order chi connectivity index (χ0) is 12.8. The van der Waals surface area contributed by atoms with E-state index in [0.717, 1.165) is 5.82 Å². The van der Waals surface area contributed by atoms with Gasteiger partial charge in [-0.2, -0.15) is 0 Å². The number of thioether (sulfide) groups is 1. The van der Waals surface area contributed by atoms with Gasteiger partial charge >= 0.3 is 0 Å². The Morgan fingerprint density at radius 3 is 2.78 bits per heavy atom. The van der Waals surface area contributed by atoms with Gasteiger partial charge in [-0.15, -0.1) is 0 Å². The van der Waals surface area contributed by atoms with E-state index in [1.807, 2.05) is 6.26 Å². The first-order chi connectivity index (χ1) is 8.79. The predicted octanol–water partition coefficient (Wildman–Crippen LogP) is 0.894. The molecule has 2 rings (SSSR count). The van der Waals surface area contributed by atoms with Crippen LogP contribution in [0, 0.1) is 0 Å². The standard InChI is InChI=1S/C11H13N5OS/c1-18-11-15-6-8(7-16-11)10(17)14-3-2-9-12-4-5-13-9/h4-7H,2-3H2,1H3,(H,12,13)(H,14,17). The van der Waals surface area contributed by atoms with Crippen LogP contribution in [0.4, 0.5) is 0 Å². The number of H-pyrrole nitrogens is 1. The maximum Gasteiger partial charge on any atom is 0.254 e. The second-order valence-corrected chi connectivity index (χ2v) is 4.27. The van der Waals surface area contributed by atoms with Crippen LogP contribution in [0.15, 0.2) is 29.9 Å². The summed E-state index contributed by atoms with van der Waals surface area (Å²) in [5, 5.41) is 3.44. The van der Waals surface area contributed by atoms with Crippen molar-refractivity contribution in [1.82, 2.24) is 25.3 Å². The van der Waals surface area contributed by atoms with E-state index in [4.69, 9.17) is 0 Å². The summed E-state index contributed by atoms with van der Waals surface area (Å²) in [7, 11) is 0. The number of nitrogens with one attached hydrogen (secondary N) is 2. The first-order valence-electron chi connectivity index (χ1n) is 5.42. The first kappa shape index (κ1) is 12.6. The molecule has 6 nitrogen and oxygen atoms in total. The molecule has 2 aromatic rings. The van der Waals surface area contributed by atoms with Gasteiger partial charge in [-0.25, -0.2) is 15.0 Å². The van der Waals surface area contributed by atoms with Gasteiger partial charge in [0, 0.05) is 37.8 Å². The highest BCUT2D eigenvalue weighted by Crippen LogP contribution is 2.06. The third kappa shape index (κ3) is 3.30. The Morgan fingerprint density at radius 1 is 1.39 bits per heavy atom. The Kier molecular flexibility index (Phi) is 4.30. The summed E-state index contributed by atoms with van der Waals surface area (Å²) in [6.45, 7) is 0.524. The van der Waals surface area contributed by atoms with Crippen LogP contribution in [0.5, 0.6) is 0 Å². The summed E-state index contributed by atoms with van der Waals surface area (Å²) in [4.78, 5) is 26.9. The van der Waals surface area contributed by atoms with Crippen LogP contribution in [0.25, 0.3) is 0 Å². The Hall–Kier alpha value is -1.89. The first-order valence-corrected chi connectivity index (χ1v) is 6.64. The molecule has 2 N–H and O–H groups in total. The van der Waals surface area contributed by atoms with Crippen molar-refractivity contribution >= 4 is 17.7 Å². The van der Waals surface area contributed by atoms with E-state index < -0.39 is 0 Å². The largest absolute Gasteiger partial charge is 0.351 e. The van der Waals surface area contributed by atoms with Crippen LogP contribution in [0.1, 0.15) is 16.2 Å². The normalized spacial score (nSPS) is 10.3. The number of carbonyl (C=O) groups is 1. The molecular weight excluding hydrogens is 250 g/mol. The average molecular weight is 263 g/mol. The van der Waals surface area contributed by atoms with E-state index in [2.05, 4.69) is 25.3 Å². The van der Waals surface area contributed by atoms with E-state index in [0.29, 0.717) is 23.7 Å². The van der Waals surface area contributed by atoms with Crippen molar-refractivity contribution in [2.75, 3.05) is 12.8 Å². The summed E-state index contributed by atoms with van der Waals surface area (Å²) in [6, 6.07) is 0. The summed E-state index contributed by atoms with van der Waals surface area (Å²) in [6.07, 6.45) is 9.06. The lowest BCUT2D eigenvalue weighted by molar-refractivity contribution is 0.0953. The Balaban J connectivity index is 1.83. The Bertz CT molecular complexity index is 497. The summed E-state index contributed by atoms with van der Waals surface area (Å²) < 4.78 is 0. The average Bonchev–Trinajstić information content (AvgIpc) is 2.92. The summed E-state index contributed by atoms with van der Waals surface area (Å²) in [5.41, 5.74) is 0.465. The quantitative estimate of drug-likeness (QED) is 0.618. The van der Waals surface area contributed by atoms with Gasteiger partial charge < -0.3 is 10.3 Å². The molecule has 1 amide bonds. The molecule has 0 atom stereocenters. The molecule has 0 saturated carbocycles. The van der Waals surface area contributed by atoms with E-state index in [-0.39, 0.29) is 5.91 Å². The molecule has 0 aliphatic carbocycles. The molecule has 0 aromatic carbocycles. The van der Waals surface area contributed by atoms with E-state index in [9.17, 15) is 4.79 Å². The van der Waals surface area contributed by atoms with E-state index >= 15 is 0 Å². The molecule has 0 spiro atoms. The maximum absolute atomic E-state index is 11.7. The minimum atomic E-state index is -0.172. The number of rotatable bonds is 5. The highest BCUT2D eigenvalue weighted by atomic mass is 32.2. The molecule has 7 heteroatoms. The van der Waals surface area contributed by atoms with Crippen LogP contribution in [0.2, 0.25) is 0 Å². The van der Waals surface area contributed by atoms with Gasteiger partial charge in [0.25, 0.3) is 5.91 Å². The van der Waals surface area contributed by atoms with Crippen LogP contribution < -0.4 is 5.32 Å². The minimum absolute atomic E-state index is 0.172. The number of hydrogen-bond acceptors (Lipinski definition) is 5. The molecule has 0 saturated heterocycles. The van der Waals surface area contributed by atoms with Gasteiger partial charge in [-0.05, 0) is 6.26 Å². The number of imidazole rings is 1. The molecule has 0 aliphatic rings. The van der Waals surface area contributed by atoms with Gasteiger partial charge in [0.15, 0.2) is 5.16 Å². The minimum Gasteiger partial charge on any atom is -0.351 e. The van der Waals surface area contributed by atoms with Crippen molar-refractivity contribution in [1.29, 1.82) is 0 Å². The van der Waals surface area contributed by atoms with Crippen molar-refractivity contribution in [2.45, 2.75) is 11.6 Å². The number of nitrogens with zero attached hydrogens (tertiary/aromatic N) is 3. The van der Waals surface area contributed by atoms with Gasteiger partial charge in [-0.1, -0.05) is 11.8 Å². The van der Waals surface area contributed by atoms with Crippen molar-refractivity contribution in [3.8, 4) is 0 Å². The molecule has 0 bridgehead atoms. The number of aromatic nitrogens is 4. The van der Waals surface area contributed by atoms with Crippen molar-refractivity contribution in [3.05, 3.63) is 36.2 Å². The molecule has 0 radical (unpaired) electrons. The van der Waals surface area contributed by atoms with Crippen molar-refractivity contribution in [3.63, 3.8) is 0 Å². The molecular formula is C11H13N5OS. The van der Waals surface area contributed by atoms with Gasteiger partial charge in [0.05, 0.1) is 5.56 Å². The van der Waals surface area contributed by atoms with Crippen LogP contribution >= 0.6 is 11.8 Å². The monoisotopic (exact) mass is 263 g/mol. The lowest BCUT2D eigenvalue weighted by atomic mass is 10.3. The van der Waals surface area contributed by atoms with Gasteiger partial charge in [0.2, 0.25) is 0 Å². The third-order valence-corrected chi connectivity index (χ3v) is 2.85. The SMILES string of the molecule is CSc1ncc(C(=O)NCCc2ncc[nH]2)cn1. The van der Waals surface area contributed by atoms with E-state index in [1.54, 1.807) is 12.4 Å². The van der Waals surface area contributed by atoms with Crippen LogP contribution in [-0.4, -0.2) is 38.6 Å². The number of carbonyl (C=O) groups excluding carboxylic acids is 1. The molecule has 94 valence electrons. The fourth-order valence-electron chi connectivity index (χ4n) is 1.37. The maximum atomic E-state index is 11.7. The third-order valence-electron chi connectivity index (χ3n) is 2.28. The Morgan fingerprint density at radius 2 is 2.17 bits per heavy atom. The van der Waals surface area contributed by atoms with Crippen molar-refractivity contribution in [2.24, 2.45) is 0 Å². The molecule has 0 fully saturated rings. The lowest BCUT2D eigenvalue weighted by Crippen LogP contribution is -2.26. The van der Waals surface area contributed by atoms with E-state index in [1.165, 1.54) is 24.2 Å². The fraction of sp³-hybridized carbons (Fsp3) is 0.273. The second kappa shape index (κ2) is 6.15. The molecule has 18 heavy (non-hydrogen) atoms. The number of aromatic amines is 1. The predicted molar refractivity (Wildman–Crippen MR) is 68.4 cm³/mol. The second-order valence-electron chi connectivity index (χ2n) is 3.50. The highest BCUT2D eigenvalue weighted by molar-refractivity contribution is 7.98. The molecule has 2 aromatic heterocycles. The lowest BCUT2D eigenvalue weighted by Gasteiger charge is -2.03. The fourth-order valence-corrected chi connectivity index (χ4v) is 1.69. The Labute approximate surface area is 109 Å². The van der Waals surface area contributed by atoms with Crippen LogP contribution in [-0.2, 0) is 6.42 Å². The number of hydrogen-bond donors (Lipinski definition) is 2. The van der Waals surface area contributed by atoms with Crippen molar-refractivity contribution < 1.29 is 4.79 Å². The summed E-state index contributed by atoms with van der Waals surface area (Å²) in [5.74, 6) is 0.679. The zero-order valence-electron chi connectivity index (χ0n) is 9.88. The van der Waals surface area contributed by atoms with Gasteiger partial charge in [0.1, 0.15) is 5.82 Å².